The molecule has 1 aromatic rings. The zero-order chi connectivity index (χ0) is 12.3. The number of ether oxygens (including phenoxy) is 1. The number of hydrogen-bond donors (Lipinski definition) is 0. The molecule has 0 fully saturated rings. The second-order valence-electron chi connectivity index (χ2n) is 2.58. The largest absolute Gasteiger partial charge is 0.494 e. The van der Waals surface area contributed by atoms with E-state index in [1.54, 1.807) is 0 Å². The van der Waals surface area contributed by atoms with Gasteiger partial charge in [-0.05, 0) is 28.1 Å². The van der Waals surface area contributed by atoms with Crippen LogP contribution in [0.25, 0.3) is 0 Å². The van der Waals surface area contributed by atoms with Crippen LogP contribution in [0.15, 0.2) is 25.9 Å². The maximum Gasteiger partial charge on any atom is 0.296 e. The highest BCUT2D eigenvalue weighted by molar-refractivity contribution is 9.10. The normalized spacial score (nSPS) is 10.7. The van der Waals surface area contributed by atoms with Gasteiger partial charge in [0.15, 0.2) is 5.75 Å². The van der Waals surface area contributed by atoms with Crippen LogP contribution in [0.1, 0.15) is 0 Å². The first-order chi connectivity index (χ1) is 7.42. The van der Waals surface area contributed by atoms with Crippen LogP contribution in [0.5, 0.6) is 5.75 Å². The summed E-state index contributed by atoms with van der Waals surface area (Å²) in [6.45, 7) is 0. The number of benzene rings is 1. The quantitative estimate of drug-likeness (QED) is 0.630. The van der Waals surface area contributed by atoms with E-state index in [0.29, 0.717) is 4.47 Å². The van der Waals surface area contributed by atoms with E-state index in [1.165, 1.54) is 13.2 Å². The molecule has 0 saturated carbocycles. The lowest BCUT2D eigenvalue weighted by Gasteiger charge is -2.08. The Labute approximate surface area is 105 Å². The topological polar surface area (TPSA) is 72.8 Å². The molecule has 1 aromatic carbocycles. The van der Waals surface area contributed by atoms with E-state index < -0.39 is 10.0 Å². The standard InChI is InChI=1S/C8H5BrClNO4S/c1-15-8-6(9)2-5(10)3-7(8)16(13,14)11-4-12/h2-3H,1H3. The first-order valence-corrected chi connectivity index (χ1v) is 6.40. The zero-order valence-corrected chi connectivity index (χ0v) is 11.1. The average Bonchev–Trinajstić information content (AvgIpc) is 2.16. The average molecular weight is 327 g/mol. The summed E-state index contributed by atoms with van der Waals surface area (Å²) in [5.74, 6) is 0.0309. The molecule has 0 aliphatic rings. The Hall–Kier alpha value is -0.880. The van der Waals surface area contributed by atoms with Crippen molar-refractivity contribution in [3.8, 4) is 5.75 Å². The lowest BCUT2D eigenvalue weighted by atomic mass is 10.3. The molecule has 0 aliphatic heterocycles. The number of carbonyl (C=O) groups excluding carboxylic acids is 1. The van der Waals surface area contributed by atoms with Gasteiger partial charge in [0.05, 0.1) is 11.6 Å². The minimum atomic E-state index is -4.14. The molecule has 0 bridgehead atoms. The fourth-order valence-corrected chi connectivity index (χ4v) is 3.09. The second-order valence-corrected chi connectivity index (χ2v) is 5.44. The van der Waals surface area contributed by atoms with E-state index in [4.69, 9.17) is 16.3 Å². The predicted octanol–water partition coefficient (Wildman–Crippen LogP) is 2.14. The summed E-state index contributed by atoms with van der Waals surface area (Å²) in [6.07, 6.45) is 0.970. The van der Waals surface area contributed by atoms with E-state index in [2.05, 4.69) is 20.3 Å². The fourth-order valence-electron chi connectivity index (χ4n) is 1.02. The van der Waals surface area contributed by atoms with Gasteiger partial charge in [-0.25, -0.2) is 4.79 Å². The summed E-state index contributed by atoms with van der Waals surface area (Å²) < 4.78 is 31.0. The zero-order valence-electron chi connectivity index (χ0n) is 7.90. The number of sulfonamides is 1. The van der Waals surface area contributed by atoms with E-state index in [9.17, 15) is 13.2 Å². The molecular formula is C8H5BrClNO4S. The van der Waals surface area contributed by atoms with Crippen LogP contribution in [0, 0.1) is 0 Å². The molecular weight excluding hydrogens is 322 g/mol. The van der Waals surface area contributed by atoms with E-state index in [0.717, 1.165) is 12.1 Å². The van der Waals surface area contributed by atoms with Crippen molar-refractivity contribution >= 4 is 43.6 Å². The number of halogens is 2. The van der Waals surface area contributed by atoms with Crippen molar-refractivity contribution in [3.05, 3.63) is 21.6 Å². The first kappa shape index (κ1) is 13.2. The highest BCUT2D eigenvalue weighted by Gasteiger charge is 2.21. The number of rotatable bonds is 3. The second kappa shape index (κ2) is 4.97. The van der Waals surface area contributed by atoms with E-state index in [1.807, 2.05) is 0 Å². The van der Waals surface area contributed by atoms with E-state index in [-0.39, 0.29) is 15.7 Å². The molecule has 0 atom stereocenters. The van der Waals surface area contributed by atoms with Crippen LogP contribution < -0.4 is 4.74 Å². The van der Waals surface area contributed by atoms with Gasteiger partial charge in [0.25, 0.3) is 16.1 Å². The van der Waals surface area contributed by atoms with Crippen LogP contribution in [-0.2, 0) is 14.8 Å². The number of nitrogens with zero attached hydrogens (tertiary/aromatic N) is 1. The molecule has 0 N–H and O–H groups in total. The van der Waals surface area contributed by atoms with Crippen molar-refractivity contribution in [3.63, 3.8) is 0 Å². The molecule has 0 aromatic heterocycles. The van der Waals surface area contributed by atoms with Crippen molar-refractivity contribution in [2.24, 2.45) is 4.40 Å². The number of methoxy groups -OCH3 is 1. The predicted molar refractivity (Wildman–Crippen MR) is 61.0 cm³/mol. The van der Waals surface area contributed by atoms with Crippen molar-refractivity contribution in [1.82, 2.24) is 0 Å². The maximum absolute atomic E-state index is 11.5. The van der Waals surface area contributed by atoms with Crippen LogP contribution in [0.2, 0.25) is 5.02 Å². The monoisotopic (exact) mass is 325 g/mol. The maximum atomic E-state index is 11.5. The molecule has 8 heteroatoms. The van der Waals surface area contributed by atoms with Gasteiger partial charge in [-0.1, -0.05) is 16.0 Å². The van der Waals surface area contributed by atoms with Gasteiger partial charge in [-0.3, -0.25) is 0 Å². The molecule has 0 spiro atoms. The minimum Gasteiger partial charge on any atom is -0.494 e. The van der Waals surface area contributed by atoms with Crippen LogP contribution in [0.4, 0.5) is 0 Å². The summed E-state index contributed by atoms with van der Waals surface area (Å²) >= 11 is 8.78. The number of hydrogen-bond acceptors (Lipinski definition) is 4. The molecule has 0 unspecified atom stereocenters. The highest BCUT2D eigenvalue weighted by atomic mass is 79.9. The summed E-state index contributed by atoms with van der Waals surface area (Å²) in [5, 5.41) is 0.173. The minimum absolute atomic E-state index is 0.0309. The van der Waals surface area contributed by atoms with Gasteiger partial charge < -0.3 is 4.74 Å². The van der Waals surface area contributed by atoms with Crippen molar-refractivity contribution < 1.29 is 17.9 Å². The summed E-state index contributed by atoms with van der Waals surface area (Å²) in [4.78, 5) is 9.71. The summed E-state index contributed by atoms with van der Waals surface area (Å²) in [7, 11) is -2.85. The molecule has 0 aliphatic carbocycles. The Bertz CT molecular complexity index is 566. The summed E-state index contributed by atoms with van der Waals surface area (Å²) in [5.41, 5.74) is 0. The van der Waals surface area contributed by atoms with Gasteiger partial charge >= 0.3 is 0 Å². The third-order valence-electron chi connectivity index (χ3n) is 1.61. The van der Waals surface area contributed by atoms with Gasteiger partial charge in [-0.15, -0.1) is 0 Å². The third-order valence-corrected chi connectivity index (χ3v) is 3.59. The van der Waals surface area contributed by atoms with Crippen molar-refractivity contribution in [2.75, 3.05) is 7.11 Å². The Morgan fingerprint density at radius 1 is 1.50 bits per heavy atom. The Kier molecular flexibility index (Phi) is 4.09. The molecule has 0 radical (unpaired) electrons. The van der Waals surface area contributed by atoms with Gasteiger partial charge in [0.2, 0.25) is 0 Å². The molecule has 1 rings (SSSR count). The van der Waals surface area contributed by atoms with E-state index >= 15 is 0 Å². The van der Waals surface area contributed by atoms with Crippen LogP contribution in [-0.4, -0.2) is 21.6 Å². The first-order valence-electron chi connectivity index (χ1n) is 3.79. The highest BCUT2D eigenvalue weighted by Crippen LogP contribution is 2.35. The van der Waals surface area contributed by atoms with Crippen molar-refractivity contribution in [2.45, 2.75) is 4.90 Å². The van der Waals surface area contributed by atoms with Gasteiger partial charge in [0.1, 0.15) is 4.90 Å². The molecule has 0 amide bonds. The smallest absolute Gasteiger partial charge is 0.296 e. The molecule has 0 saturated heterocycles. The van der Waals surface area contributed by atoms with Crippen LogP contribution >= 0.6 is 27.5 Å². The molecule has 5 nitrogen and oxygen atoms in total. The third kappa shape index (κ3) is 2.62. The lowest BCUT2D eigenvalue weighted by molar-refractivity contribution is 0.400. The molecule has 0 heterocycles. The number of isocyanates is 1. The van der Waals surface area contributed by atoms with Crippen molar-refractivity contribution in [1.29, 1.82) is 0 Å². The van der Waals surface area contributed by atoms with Gasteiger partial charge in [0, 0.05) is 5.02 Å². The summed E-state index contributed by atoms with van der Waals surface area (Å²) in [6, 6.07) is 2.60. The SMILES string of the molecule is COc1c(Br)cc(Cl)cc1S(=O)(=O)N=C=O. The molecule has 86 valence electrons. The Morgan fingerprint density at radius 3 is 2.62 bits per heavy atom. The van der Waals surface area contributed by atoms with Crippen LogP contribution in [0.3, 0.4) is 0 Å². The van der Waals surface area contributed by atoms with Gasteiger partial charge in [-0.2, -0.15) is 8.42 Å². The fraction of sp³-hybridized carbons (Fsp3) is 0.125. The Morgan fingerprint density at radius 2 is 2.12 bits per heavy atom. The lowest BCUT2D eigenvalue weighted by Crippen LogP contribution is -2.00. The Balaban J connectivity index is 3.61. The molecule has 16 heavy (non-hydrogen) atoms.